The number of halogens is 1. The van der Waals surface area contributed by atoms with Crippen LogP contribution in [0.5, 0.6) is 0 Å². The lowest BCUT2D eigenvalue weighted by atomic mass is 10.2. The first-order valence-electron chi connectivity index (χ1n) is 9.48. The van der Waals surface area contributed by atoms with E-state index in [-0.39, 0.29) is 18.2 Å². The van der Waals surface area contributed by atoms with Gasteiger partial charge in [-0.1, -0.05) is 29.9 Å². The Hall–Kier alpha value is -4.27. The third kappa shape index (κ3) is 4.67. The fraction of sp³-hybridized carbons (Fsp3) is 0.0909. The molecule has 8 nitrogen and oxygen atoms in total. The summed E-state index contributed by atoms with van der Waals surface area (Å²) in [7, 11) is 0. The van der Waals surface area contributed by atoms with Gasteiger partial charge >= 0.3 is 0 Å². The second-order valence-corrected chi connectivity index (χ2v) is 6.67. The predicted octanol–water partition coefficient (Wildman–Crippen LogP) is 3.88. The Morgan fingerprint density at radius 2 is 2.13 bits per heavy atom. The number of hydrogen-bond acceptors (Lipinski definition) is 7. The molecule has 0 atom stereocenters. The number of benzene rings is 2. The van der Waals surface area contributed by atoms with Crippen LogP contribution in [0.25, 0.3) is 10.9 Å². The van der Waals surface area contributed by atoms with Crippen molar-refractivity contribution in [3.8, 4) is 0 Å². The largest absolute Gasteiger partial charge is 0.392 e. The van der Waals surface area contributed by atoms with Crippen molar-refractivity contribution < 1.29 is 9.23 Å². The molecule has 2 aromatic carbocycles. The van der Waals surface area contributed by atoms with Crippen LogP contribution < -0.4 is 11.1 Å². The summed E-state index contributed by atoms with van der Waals surface area (Å²) in [4.78, 5) is 13.3. The highest BCUT2D eigenvalue weighted by molar-refractivity contribution is 5.93. The molecule has 31 heavy (non-hydrogen) atoms. The normalized spacial score (nSPS) is 11.1. The van der Waals surface area contributed by atoms with E-state index in [1.165, 1.54) is 24.7 Å². The van der Waals surface area contributed by atoms with Gasteiger partial charge in [-0.3, -0.25) is 4.68 Å². The minimum Gasteiger partial charge on any atom is -0.392 e. The van der Waals surface area contributed by atoms with Crippen molar-refractivity contribution in [2.45, 2.75) is 6.54 Å². The summed E-state index contributed by atoms with van der Waals surface area (Å²) in [6, 6.07) is 12.3. The SMILES string of the molecule is C=CCO/N=C/c1c(N)ncnc1Nc1ccc2c(cnn2Cc2cccc(F)c2)c1. The Balaban J connectivity index is 1.57. The van der Waals surface area contributed by atoms with Gasteiger partial charge in [-0.25, -0.2) is 14.4 Å². The number of anilines is 3. The number of fused-ring (bicyclic) bond motifs is 1. The minimum atomic E-state index is -0.265. The van der Waals surface area contributed by atoms with Crippen molar-refractivity contribution in [2.75, 3.05) is 17.7 Å². The molecule has 2 heterocycles. The van der Waals surface area contributed by atoms with Crippen LogP contribution in [-0.2, 0) is 11.4 Å². The molecule has 0 unspecified atom stereocenters. The van der Waals surface area contributed by atoms with Crippen LogP contribution in [0.15, 0.2) is 72.8 Å². The Morgan fingerprint density at radius 3 is 2.97 bits per heavy atom. The maximum Gasteiger partial charge on any atom is 0.144 e. The molecule has 156 valence electrons. The summed E-state index contributed by atoms with van der Waals surface area (Å²) in [6.45, 7) is 4.32. The summed E-state index contributed by atoms with van der Waals surface area (Å²) >= 11 is 0. The van der Waals surface area contributed by atoms with E-state index in [4.69, 9.17) is 10.6 Å². The van der Waals surface area contributed by atoms with Gasteiger partial charge in [0.15, 0.2) is 0 Å². The Kier molecular flexibility index (Phi) is 5.84. The number of nitrogen functional groups attached to an aromatic ring is 1. The predicted molar refractivity (Wildman–Crippen MR) is 119 cm³/mol. The number of oxime groups is 1. The van der Waals surface area contributed by atoms with Crippen LogP contribution in [0.4, 0.5) is 21.7 Å². The van der Waals surface area contributed by atoms with Crippen LogP contribution in [0.2, 0.25) is 0 Å². The molecular weight excluding hydrogens is 397 g/mol. The molecule has 3 N–H and O–H groups in total. The average molecular weight is 417 g/mol. The first-order valence-corrected chi connectivity index (χ1v) is 9.48. The minimum absolute atomic E-state index is 0.265. The number of nitrogens with two attached hydrogens (primary N) is 1. The van der Waals surface area contributed by atoms with E-state index in [0.717, 1.165) is 22.2 Å². The molecule has 0 fully saturated rings. The van der Waals surface area contributed by atoms with Gasteiger partial charge in [0.25, 0.3) is 0 Å². The van der Waals surface area contributed by atoms with Crippen LogP contribution in [0.1, 0.15) is 11.1 Å². The van der Waals surface area contributed by atoms with E-state index >= 15 is 0 Å². The molecule has 4 aromatic rings. The molecule has 9 heteroatoms. The Labute approximate surface area is 177 Å². The zero-order valence-electron chi connectivity index (χ0n) is 16.6. The van der Waals surface area contributed by atoms with Crippen molar-refractivity contribution in [3.05, 3.63) is 84.6 Å². The number of hydrogen-bond donors (Lipinski definition) is 2. The highest BCUT2D eigenvalue weighted by Gasteiger charge is 2.10. The average Bonchev–Trinajstić information content (AvgIpc) is 3.15. The highest BCUT2D eigenvalue weighted by Crippen LogP contribution is 2.24. The lowest BCUT2D eigenvalue weighted by molar-refractivity contribution is 0.176. The number of nitrogens with zero attached hydrogens (tertiary/aromatic N) is 5. The monoisotopic (exact) mass is 417 g/mol. The maximum atomic E-state index is 13.5. The van der Waals surface area contributed by atoms with E-state index in [1.807, 2.05) is 28.9 Å². The van der Waals surface area contributed by atoms with Gasteiger partial charge in [0.05, 0.1) is 30.0 Å². The van der Waals surface area contributed by atoms with Crippen LogP contribution >= 0.6 is 0 Å². The van der Waals surface area contributed by atoms with Gasteiger partial charge in [0.1, 0.15) is 30.4 Å². The molecule has 0 aliphatic carbocycles. The van der Waals surface area contributed by atoms with Gasteiger partial charge in [0.2, 0.25) is 0 Å². The van der Waals surface area contributed by atoms with Gasteiger partial charge in [-0.05, 0) is 35.9 Å². The second-order valence-electron chi connectivity index (χ2n) is 6.67. The highest BCUT2D eigenvalue weighted by atomic mass is 19.1. The van der Waals surface area contributed by atoms with Crippen molar-refractivity contribution in [1.82, 2.24) is 19.7 Å². The summed E-state index contributed by atoms with van der Waals surface area (Å²) in [6.07, 6.45) is 6.18. The number of nitrogens with one attached hydrogen (secondary N) is 1. The molecule has 0 aliphatic heterocycles. The van der Waals surface area contributed by atoms with Gasteiger partial charge in [-0.15, -0.1) is 0 Å². The van der Waals surface area contributed by atoms with Gasteiger partial charge in [-0.2, -0.15) is 5.10 Å². The Bertz CT molecular complexity index is 1250. The lowest BCUT2D eigenvalue weighted by Gasteiger charge is -2.10. The molecule has 0 saturated carbocycles. The third-order valence-electron chi connectivity index (χ3n) is 4.49. The first-order chi connectivity index (χ1) is 15.1. The standard InChI is InChI=1S/C22H20FN7O/c1-2-8-31-28-12-19-21(24)25-14-26-22(19)29-18-6-7-20-16(10-18)11-27-30(20)13-15-4-3-5-17(23)9-15/h2-7,9-12,14H,1,8,13H2,(H3,24,25,26,29)/b28-12+. The van der Waals surface area contributed by atoms with Gasteiger partial charge in [0, 0.05) is 11.1 Å². The van der Waals surface area contributed by atoms with E-state index in [0.29, 0.717) is 17.9 Å². The quantitative estimate of drug-likeness (QED) is 0.195. The Morgan fingerprint density at radius 1 is 1.23 bits per heavy atom. The summed E-state index contributed by atoms with van der Waals surface area (Å²) < 4.78 is 15.3. The molecule has 0 spiro atoms. The molecule has 4 rings (SSSR count). The zero-order chi connectivity index (χ0) is 21.6. The van der Waals surface area contributed by atoms with E-state index in [9.17, 15) is 4.39 Å². The molecule has 0 bridgehead atoms. The van der Waals surface area contributed by atoms with Crippen molar-refractivity contribution >= 4 is 34.4 Å². The van der Waals surface area contributed by atoms with E-state index in [1.54, 1.807) is 18.3 Å². The fourth-order valence-electron chi connectivity index (χ4n) is 3.06. The van der Waals surface area contributed by atoms with Crippen molar-refractivity contribution in [2.24, 2.45) is 5.16 Å². The number of aromatic nitrogens is 4. The first kappa shape index (κ1) is 20.0. The molecule has 0 radical (unpaired) electrons. The van der Waals surface area contributed by atoms with Crippen LogP contribution in [0, 0.1) is 5.82 Å². The van der Waals surface area contributed by atoms with Crippen molar-refractivity contribution in [3.63, 3.8) is 0 Å². The molecule has 2 aromatic heterocycles. The second kappa shape index (κ2) is 9.04. The lowest BCUT2D eigenvalue weighted by Crippen LogP contribution is -2.05. The summed E-state index contributed by atoms with van der Waals surface area (Å²) in [5.74, 6) is 0.496. The topological polar surface area (TPSA) is 103 Å². The zero-order valence-corrected chi connectivity index (χ0v) is 16.6. The van der Waals surface area contributed by atoms with Crippen LogP contribution in [-0.4, -0.2) is 32.6 Å². The maximum absolute atomic E-state index is 13.5. The summed E-state index contributed by atoms with van der Waals surface area (Å²) in [5, 5.41) is 12.4. The molecule has 0 amide bonds. The van der Waals surface area contributed by atoms with E-state index in [2.05, 4.69) is 32.1 Å². The van der Waals surface area contributed by atoms with Crippen molar-refractivity contribution in [1.29, 1.82) is 0 Å². The molecule has 0 saturated heterocycles. The molecular formula is C22H20FN7O. The fourth-order valence-corrected chi connectivity index (χ4v) is 3.06. The third-order valence-corrected chi connectivity index (χ3v) is 4.49. The molecule has 0 aliphatic rings. The number of rotatable bonds is 8. The van der Waals surface area contributed by atoms with E-state index < -0.39 is 0 Å². The summed E-state index contributed by atoms with van der Waals surface area (Å²) in [5.41, 5.74) is 9.03. The van der Waals surface area contributed by atoms with Gasteiger partial charge < -0.3 is 15.9 Å². The van der Waals surface area contributed by atoms with Crippen LogP contribution in [0.3, 0.4) is 0 Å². The smallest absolute Gasteiger partial charge is 0.144 e.